The van der Waals surface area contributed by atoms with Crippen LogP contribution in [0.3, 0.4) is 0 Å². The Morgan fingerprint density at radius 3 is 2.58 bits per heavy atom. The largest absolute Gasteiger partial charge is 0.338 e. The van der Waals surface area contributed by atoms with Gasteiger partial charge in [-0.25, -0.2) is 9.78 Å². The molecule has 2 N–H and O–H groups in total. The van der Waals surface area contributed by atoms with Crippen LogP contribution in [0.4, 0.5) is 15.6 Å². The van der Waals surface area contributed by atoms with Crippen molar-refractivity contribution in [1.82, 2.24) is 9.88 Å². The lowest BCUT2D eigenvalue weighted by atomic mass is 10.2. The van der Waals surface area contributed by atoms with Gasteiger partial charge >= 0.3 is 6.03 Å². The van der Waals surface area contributed by atoms with Crippen LogP contribution in [-0.4, -0.2) is 34.9 Å². The molecule has 1 aromatic heterocycles. The Morgan fingerprint density at radius 1 is 1.15 bits per heavy atom. The van der Waals surface area contributed by atoms with Gasteiger partial charge in [0.1, 0.15) is 4.88 Å². The van der Waals surface area contributed by atoms with Crippen molar-refractivity contribution in [3.8, 4) is 0 Å². The van der Waals surface area contributed by atoms with E-state index in [4.69, 9.17) is 11.6 Å². The molecule has 1 fully saturated rings. The van der Waals surface area contributed by atoms with Gasteiger partial charge in [-0.05, 0) is 38.0 Å². The molecule has 0 aliphatic carbocycles. The van der Waals surface area contributed by atoms with E-state index in [0.717, 1.165) is 25.9 Å². The SMILES string of the molecule is Cc1nc(NC(=O)Nc2cccc(Cl)c2)sc1C(=O)N1CCCCCC1. The van der Waals surface area contributed by atoms with Crippen molar-refractivity contribution in [3.63, 3.8) is 0 Å². The summed E-state index contributed by atoms with van der Waals surface area (Å²) in [7, 11) is 0. The minimum absolute atomic E-state index is 0.00481. The molecule has 0 bridgehead atoms. The fourth-order valence-corrected chi connectivity index (χ4v) is 4.01. The minimum Gasteiger partial charge on any atom is -0.338 e. The predicted octanol–water partition coefficient (Wildman–Crippen LogP) is 4.77. The average Bonchev–Trinajstić information content (AvgIpc) is 2.80. The lowest BCUT2D eigenvalue weighted by molar-refractivity contribution is 0.0765. The molecule has 0 atom stereocenters. The second kappa shape index (κ2) is 8.51. The summed E-state index contributed by atoms with van der Waals surface area (Å²) in [4.78, 5) is 31.7. The second-order valence-electron chi connectivity index (χ2n) is 6.23. The molecule has 1 saturated heterocycles. The van der Waals surface area contributed by atoms with Crippen LogP contribution < -0.4 is 10.6 Å². The number of aromatic nitrogens is 1. The fraction of sp³-hybridized carbons (Fsp3) is 0.389. The van der Waals surface area contributed by atoms with Gasteiger partial charge in [-0.1, -0.05) is 41.8 Å². The van der Waals surface area contributed by atoms with E-state index < -0.39 is 6.03 Å². The number of likely N-dealkylation sites (tertiary alicyclic amines) is 1. The van der Waals surface area contributed by atoms with Gasteiger partial charge in [0.25, 0.3) is 5.91 Å². The van der Waals surface area contributed by atoms with Crippen LogP contribution in [0.2, 0.25) is 5.02 Å². The number of halogens is 1. The first-order valence-electron chi connectivity index (χ1n) is 8.63. The molecule has 0 spiro atoms. The Morgan fingerprint density at radius 2 is 1.88 bits per heavy atom. The first-order chi connectivity index (χ1) is 12.5. The van der Waals surface area contributed by atoms with E-state index in [-0.39, 0.29) is 5.91 Å². The Labute approximate surface area is 161 Å². The van der Waals surface area contributed by atoms with Crippen LogP contribution >= 0.6 is 22.9 Å². The maximum atomic E-state index is 12.8. The molecule has 0 radical (unpaired) electrons. The van der Waals surface area contributed by atoms with Gasteiger partial charge in [0, 0.05) is 23.8 Å². The molecule has 1 aliphatic heterocycles. The maximum Gasteiger partial charge on any atom is 0.325 e. The van der Waals surface area contributed by atoms with Crippen molar-refractivity contribution >= 4 is 45.7 Å². The minimum atomic E-state index is -0.421. The number of thiazole rings is 1. The van der Waals surface area contributed by atoms with Crippen molar-refractivity contribution in [2.45, 2.75) is 32.6 Å². The Balaban J connectivity index is 1.65. The quantitative estimate of drug-likeness (QED) is 0.790. The summed E-state index contributed by atoms with van der Waals surface area (Å²) in [5.41, 5.74) is 1.23. The first-order valence-corrected chi connectivity index (χ1v) is 9.82. The molecule has 3 rings (SSSR count). The van der Waals surface area contributed by atoms with Crippen molar-refractivity contribution in [2.24, 2.45) is 0 Å². The standard InChI is InChI=1S/C18H21ClN4O2S/c1-12-15(16(24)23-9-4-2-3-5-10-23)26-18(20-12)22-17(25)21-14-8-6-7-13(19)11-14/h6-8,11H,2-5,9-10H2,1H3,(H2,20,21,22,25). The first kappa shape index (κ1) is 18.7. The topological polar surface area (TPSA) is 74.3 Å². The van der Waals surface area contributed by atoms with E-state index in [2.05, 4.69) is 15.6 Å². The number of hydrogen-bond donors (Lipinski definition) is 2. The monoisotopic (exact) mass is 392 g/mol. The zero-order chi connectivity index (χ0) is 18.5. The number of nitrogens with zero attached hydrogens (tertiary/aromatic N) is 2. The molecule has 1 aliphatic rings. The summed E-state index contributed by atoms with van der Waals surface area (Å²) in [6, 6.07) is 6.46. The van der Waals surface area contributed by atoms with E-state index in [1.807, 2.05) is 4.90 Å². The third kappa shape index (κ3) is 4.74. The number of urea groups is 1. The van der Waals surface area contributed by atoms with Crippen molar-refractivity contribution < 1.29 is 9.59 Å². The Bertz CT molecular complexity index is 800. The highest BCUT2D eigenvalue weighted by atomic mass is 35.5. The van der Waals surface area contributed by atoms with Crippen LogP contribution in [0.15, 0.2) is 24.3 Å². The third-order valence-corrected chi connectivity index (χ3v) is 5.48. The Kier molecular flexibility index (Phi) is 6.11. The van der Waals surface area contributed by atoms with Crippen LogP contribution in [-0.2, 0) is 0 Å². The molecule has 0 unspecified atom stereocenters. The molecule has 1 aromatic carbocycles. The molecule has 3 amide bonds. The van der Waals surface area contributed by atoms with E-state index in [1.54, 1.807) is 31.2 Å². The number of nitrogens with one attached hydrogen (secondary N) is 2. The fourth-order valence-electron chi connectivity index (χ4n) is 2.89. The number of rotatable bonds is 3. The van der Waals surface area contributed by atoms with Gasteiger partial charge in [-0.2, -0.15) is 0 Å². The lowest BCUT2D eigenvalue weighted by Crippen LogP contribution is -2.31. The predicted molar refractivity (Wildman–Crippen MR) is 105 cm³/mol. The summed E-state index contributed by atoms with van der Waals surface area (Å²) < 4.78 is 0. The highest BCUT2D eigenvalue weighted by Crippen LogP contribution is 2.25. The van der Waals surface area contributed by atoms with Gasteiger partial charge in [0.2, 0.25) is 0 Å². The maximum absolute atomic E-state index is 12.8. The number of benzene rings is 1. The summed E-state index contributed by atoms with van der Waals surface area (Å²) in [5, 5.41) is 6.33. The molecule has 26 heavy (non-hydrogen) atoms. The molecule has 2 aromatic rings. The number of amides is 3. The number of aryl methyl sites for hydroxylation is 1. The molecular formula is C18H21ClN4O2S. The van der Waals surface area contributed by atoms with E-state index in [0.29, 0.717) is 26.4 Å². The number of hydrogen-bond acceptors (Lipinski definition) is 4. The third-order valence-electron chi connectivity index (χ3n) is 4.19. The van der Waals surface area contributed by atoms with Gasteiger partial charge in [0.05, 0.1) is 5.69 Å². The number of anilines is 2. The molecule has 8 heteroatoms. The van der Waals surface area contributed by atoms with E-state index >= 15 is 0 Å². The van der Waals surface area contributed by atoms with Gasteiger partial charge in [0.15, 0.2) is 5.13 Å². The zero-order valence-electron chi connectivity index (χ0n) is 14.5. The summed E-state index contributed by atoms with van der Waals surface area (Å²) in [5.74, 6) is 0.00481. The van der Waals surface area contributed by atoms with Crippen molar-refractivity contribution in [2.75, 3.05) is 23.7 Å². The summed E-state index contributed by atoms with van der Waals surface area (Å²) >= 11 is 7.12. The van der Waals surface area contributed by atoms with Gasteiger partial charge in [-0.15, -0.1) is 0 Å². The Hall–Kier alpha value is -2.12. The molecule has 0 saturated carbocycles. The number of carbonyl (C=O) groups is 2. The smallest absolute Gasteiger partial charge is 0.325 e. The highest BCUT2D eigenvalue weighted by molar-refractivity contribution is 7.17. The zero-order valence-corrected chi connectivity index (χ0v) is 16.1. The molecular weight excluding hydrogens is 372 g/mol. The van der Waals surface area contributed by atoms with Crippen LogP contribution in [0.1, 0.15) is 41.0 Å². The van der Waals surface area contributed by atoms with Crippen LogP contribution in [0.5, 0.6) is 0 Å². The van der Waals surface area contributed by atoms with Crippen LogP contribution in [0.25, 0.3) is 0 Å². The van der Waals surface area contributed by atoms with Gasteiger partial charge in [-0.3, -0.25) is 10.1 Å². The van der Waals surface area contributed by atoms with E-state index in [1.165, 1.54) is 24.2 Å². The van der Waals surface area contributed by atoms with Gasteiger partial charge < -0.3 is 10.2 Å². The van der Waals surface area contributed by atoms with E-state index in [9.17, 15) is 9.59 Å². The summed E-state index contributed by atoms with van der Waals surface area (Å²) in [6.45, 7) is 3.37. The second-order valence-corrected chi connectivity index (χ2v) is 7.66. The molecule has 138 valence electrons. The summed E-state index contributed by atoms with van der Waals surface area (Å²) in [6.07, 6.45) is 4.41. The van der Waals surface area contributed by atoms with Crippen molar-refractivity contribution in [3.05, 3.63) is 39.9 Å². The average molecular weight is 393 g/mol. The molecule has 2 heterocycles. The molecule has 6 nitrogen and oxygen atoms in total. The van der Waals surface area contributed by atoms with Crippen molar-refractivity contribution in [1.29, 1.82) is 0 Å². The lowest BCUT2D eigenvalue weighted by Gasteiger charge is -2.19. The number of carbonyl (C=O) groups excluding carboxylic acids is 2. The normalized spacial score (nSPS) is 14.6. The van der Waals surface area contributed by atoms with Crippen LogP contribution in [0, 0.1) is 6.92 Å². The highest BCUT2D eigenvalue weighted by Gasteiger charge is 2.22.